The van der Waals surface area contributed by atoms with E-state index >= 15 is 0 Å². The largest absolute Gasteiger partial charge is 0.356 e. The number of benzene rings is 1. The van der Waals surface area contributed by atoms with Gasteiger partial charge < -0.3 is 20.9 Å². The van der Waals surface area contributed by atoms with Gasteiger partial charge in [-0.1, -0.05) is 23.7 Å². The maximum absolute atomic E-state index is 13.6. The van der Waals surface area contributed by atoms with Gasteiger partial charge in [0.25, 0.3) is 11.8 Å². The van der Waals surface area contributed by atoms with Crippen molar-refractivity contribution < 1.29 is 23.2 Å². The van der Waals surface area contributed by atoms with Crippen LogP contribution in [0.5, 0.6) is 0 Å². The number of carbonyl (C=O) groups excluding carboxylic acids is 3. The monoisotopic (exact) mass is 491 g/mol. The molecule has 1 saturated carbocycles. The Morgan fingerprint density at radius 1 is 1.29 bits per heavy atom. The molecule has 2 aliphatic rings. The number of nitrogens with zero attached hydrogens (tertiary/aromatic N) is 1. The van der Waals surface area contributed by atoms with E-state index in [9.17, 15) is 28.4 Å². The number of fused-ring (bicyclic) bond motifs is 1. The number of piperidine rings is 1. The molecule has 3 amide bonds. The number of H-pyrrole nitrogens is 1. The highest BCUT2D eigenvalue weighted by Gasteiger charge is 2.57. The predicted octanol–water partition coefficient (Wildman–Crippen LogP) is 2.89. The molecule has 2 heterocycles. The first-order valence-corrected chi connectivity index (χ1v) is 11.5. The van der Waals surface area contributed by atoms with E-state index in [1.54, 1.807) is 24.3 Å². The fraction of sp³-hybridized carbons (Fsp3) is 0.478. The number of alkyl halides is 2. The van der Waals surface area contributed by atoms with Crippen molar-refractivity contribution in [3.63, 3.8) is 0 Å². The summed E-state index contributed by atoms with van der Waals surface area (Å²) < 4.78 is 27.2. The zero-order valence-corrected chi connectivity index (χ0v) is 18.9. The fourth-order valence-electron chi connectivity index (χ4n) is 4.28. The van der Waals surface area contributed by atoms with Crippen molar-refractivity contribution in [3.8, 4) is 6.07 Å². The molecule has 4 rings (SSSR count). The van der Waals surface area contributed by atoms with Gasteiger partial charge in [0.1, 0.15) is 17.8 Å². The summed E-state index contributed by atoms with van der Waals surface area (Å²) in [4.78, 5) is 40.7. The lowest BCUT2D eigenvalue weighted by atomic mass is 9.92. The minimum Gasteiger partial charge on any atom is -0.356 e. The van der Waals surface area contributed by atoms with Crippen molar-refractivity contribution in [3.05, 3.63) is 35.0 Å². The van der Waals surface area contributed by atoms with Gasteiger partial charge in [-0.2, -0.15) is 5.26 Å². The first-order valence-electron chi connectivity index (χ1n) is 11.1. The van der Waals surface area contributed by atoms with Crippen molar-refractivity contribution >= 4 is 40.2 Å². The summed E-state index contributed by atoms with van der Waals surface area (Å²) in [5.41, 5.74) is 0.665. The Morgan fingerprint density at radius 3 is 2.71 bits per heavy atom. The number of carbonyl (C=O) groups is 3. The number of nitriles is 1. The van der Waals surface area contributed by atoms with Gasteiger partial charge in [0.05, 0.1) is 16.6 Å². The summed E-state index contributed by atoms with van der Waals surface area (Å²) in [5, 5.41) is 18.3. The Labute approximate surface area is 199 Å². The van der Waals surface area contributed by atoms with Crippen molar-refractivity contribution in [2.45, 2.75) is 50.1 Å². The maximum atomic E-state index is 13.6. The molecular formula is C23H24ClF2N5O3. The minimum absolute atomic E-state index is 0.106. The molecule has 0 bridgehead atoms. The third-order valence-corrected chi connectivity index (χ3v) is 6.65. The van der Waals surface area contributed by atoms with E-state index in [1.165, 1.54) is 0 Å². The second-order valence-electron chi connectivity index (χ2n) is 8.87. The van der Waals surface area contributed by atoms with Gasteiger partial charge in [-0.3, -0.25) is 14.4 Å². The average molecular weight is 492 g/mol. The van der Waals surface area contributed by atoms with E-state index in [-0.39, 0.29) is 30.9 Å². The SMILES string of the molecule is N#C[C@H](C[C@@H]1CCCNC1=O)NC(=O)[C@H](CC1CC1(F)F)NC(=O)c1cc2cccc(Cl)c2[nH]1. The van der Waals surface area contributed by atoms with Gasteiger partial charge in [-0.15, -0.1) is 0 Å². The molecule has 1 aromatic heterocycles. The van der Waals surface area contributed by atoms with Gasteiger partial charge in [-0.05, 0) is 37.8 Å². The van der Waals surface area contributed by atoms with Crippen LogP contribution in [0.1, 0.15) is 42.6 Å². The summed E-state index contributed by atoms with van der Waals surface area (Å²) >= 11 is 6.13. The third kappa shape index (κ3) is 5.30. The molecule has 1 saturated heterocycles. The third-order valence-electron chi connectivity index (χ3n) is 6.34. The summed E-state index contributed by atoms with van der Waals surface area (Å²) in [6, 6.07) is 6.37. The lowest BCUT2D eigenvalue weighted by molar-refractivity contribution is -0.128. The summed E-state index contributed by atoms with van der Waals surface area (Å²) in [5.74, 6) is -5.92. The van der Waals surface area contributed by atoms with Gasteiger partial charge in [0, 0.05) is 30.2 Å². The van der Waals surface area contributed by atoms with Crippen LogP contribution in [0.15, 0.2) is 24.3 Å². The number of amides is 3. The first-order chi connectivity index (χ1) is 16.2. The van der Waals surface area contributed by atoms with Crippen LogP contribution in [-0.4, -0.2) is 47.3 Å². The number of hydrogen-bond acceptors (Lipinski definition) is 4. The highest BCUT2D eigenvalue weighted by Crippen LogP contribution is 2.51. The van der Waals surface area contributed by atoms with Crippen LogP contribution in [0.25, 0.3) is 10.9 Å². The van der Waals surface area contributed by atoms with E-state index in [0.717, 1.165) is 6.42 Å². The predicted molar refractivity (Wildman–Crippen MR) is 120 cm³/mol. The molecule has 4 atom stereocenters. The van der Waals surface area contributed by atoms with Crippen LogP contribution in [-0.2, 0) is 9.59 Å². The van der Waals surface area contributed by atoms with Gasteiger partial charge >= 0.3 is 0 Å². The fourth-order valence-corrected chi connectivity index (χ4v) is 4.51. The maximum Gasteiger partial charge on any atom is 0.268 e. The molecule has 0 spiro atoms. The number of rotatable bonds is 8. The smallest absolute Gasteiger partial charge is 0.268 e. The number of aromatic nitrogens is 1. The lowest BCUT2D eigenvalue weighted by Gasteiger charge is -2.25. The highest BCUT2D eigenvalue weighted by atomic mass is 35.5. The van der Waals surface area contributed by atoms with Crippen LogP contribution >= 0.6 is 11.6 Å². The molecule has 8 nitrogen and oxygen atoms in total. The molecule has 1 aliphatic carbocycles. The molecular weight excluding hydrogens is 468 g/mol. The molecule has 11 heteroatoms. The quantitative estimate of drug-likeness (QED) is 0.453. The van der Waals surface area contributed by atoms with E-state index in [4.69, 9.17) is 11.6 Å². The molecule has 34 heavy (non-hydrogen) atoms. The Morgan fingerprint density at radius 2 is 2.06 bits per heavy atom. The number of hydrogen-bond donors (Lipinski definition) is 4. The summed E-state index contributed by atoms with van der Waals surface area (Å²) in [6.45, 7) is 0.571. The van der Waals surface area contributed by atoms with E-state index in [1.807, 2.05) is 6.07 Å². The van der Waals surface area contributed by atoms with Crippen molar-refractivity contribution in [1.82, 2.24) is 20.9 Å². The van der Waals surface area contributed by atoms with E-state index in [0.29, 0.717) is 28.9 Å². The Hall–Kier alpha value is -3.19. The molecule has 4 N–H and O–H groups in total. The number of halogens is 3. The second-order valence-corrected chi connectivity index (χ2v) is 9.27. The van der Waals surface area contributed by atoms with E-state index in [2.05, 4.69) is 20.9 Å². The highest BCUT2D eigenvalue weighted by molar-refractivity contribution is 6.35. The Bertz CT molecular complexity index is 1160. The zero-order valence-electron chi connectivity index (χ0n) is 18.2. The molecule has 180 valence electrons. The van der Waals surface area contributed by atoms with Gasteiger partial charge in [0.2, 0.25) is 11.8 Å². The lowest BCUT2D eigenvalue weighted by Crippen LogP contribution is -2.51. The van der Waals surface area contributed by atoms with Crippen LogP contribution in [0.4, 0.5) is 8.78 Å². The average Bonchev–Trinajstić information content (AvgIpc) is 3.19. The van der Waals surface area contributed by atoms with Crippen molar-refractivity contribution in [2.24, 2.45) is 11.8 Å². The van der Waals surface area contributed by atoms with Crippen LogP contribution in [0, 0.1) is 23.2 Å². The van der Waals surface area contributed by atoms with Crippen LogP contribution < -0.4 is 16.0 Å². The second kappa shape index (κ2) is 9.58. The van der Waals surface area contributed by atoms with Crippen LogP contribution in [0.2, 0.25) is 5.02 Å². The van der Waals surface area contributed by atoms with Gasteiger partial charge in [0.15, 0.2) is 0 Å². The summed E-state index contributed by atoms with van der Waals surface area (Å²) in [7, 11) is 0. The number of aromatic amines is 1. The number of nitrogens with one attached hydrogen (secondary N) is 4. The molecule has 2 fully saturated rings. The molecule has 1 unspecified atom stereocenters. The summed E-state index contributed by atoms with van der Waals surface area (Å²) in [6.07, 6.45) is 0.838. The standard InChI is InChI=1S/C23H24ClF2N5O3/c24-16-5-1-3-12-8-17(30-19(12)16)22(34)31-18(9-14-10-23(14,25)26)21(33)29-15(11-27)7-13-4-2-6-28-20(13)32/h1,3,5,8,13-15,18,30H,2,4,6-7,9-10H2,(H,28,32)(H,29,33)(H,31,34)/t13-,14?,15-,18-/m0/s1. The Kier molecular flexibility index (Phi) is 6.75. The first kappa shape index (κ1) is 24.0. The van der Waals surface area contributed by atoms with Crippen molar-refractivity contribution in [1.29, 1.82) is 5.26 Å². The molecule has 1 aliphatic heterocycles. The molecule has 2 aromatic rings. The molecule has 1 aromatic carbocycles. The zero-order chi connectivity index (χ0) is 24.5. The van der Waals surface area contributed by atoms with Crippen LogP contribution in [0.3, 0.4) is 0 Å². The van der Waals surface area contributed by atoms with E-state index < -0.39 is 41.7 Å². The topological polar surface area (TPSA) is 127 Å². The minimum atomic E-state index is -2.88. The normalized spacial score (nSPS) is 22.8. The Balaban J connectivity index is 1.46. The molecule has 0 radical (unpaired) electrons. The number of para-hydroxylation sites is 1. The van der Waals surface area contributed by atoms with Gasteiger partial charge in [-0.25, -0.2) is 8.78 Å². The van der Waals surface area contributed by atoms with Crippen molar-refractivity contribution in [2.75, 3.05) is 6.54 Å².